The van der Waals surface area contributed by atoms with Crippen LogP contribution in [0.4, 0.5) is 0 Å². The third-order valence-corrected chi connectivity index (χ3v) is 2.73. The fourth-order valence-electron chi connectivity index (χ4n) is 2.01. The molecule has 0 heterocycles. The molecule has 16 heavy (non-hydrogen) atoms. The summed E-state index contributed by atoms with van der Waals surface area (Å²) in [7, 11) is 1.69. The van der Waals surface area contributed by atoms with Crippen LogP contribution in [-0.4, -0.2) is 30.7 Å². The van der Waals surface area contributed by atoms with Crippen LogP contribution < -0.4 is 11.1 Å². The zero-order valence-corrected chi connectivity index (χ0v) is 11.2. The first-order valence-electron chi connectivity index (χ1n) is 5.83. The second kappa shape index (κ2) is 6.21. The highest BCUT2D eigenvalue weighted by Crippen LogP contribution is 2.25. The second-order valence-corrected chi connectivity index (χ2v) is 5.27. The molecule has 0 aromatic carbocycles. The molecule has 1 atom stereocenters. The molecule has 1 unspecified atom stereocenters. The maximum Gasteiger partial charge on any atom is 0.219 e. The predicted octanol–water partition coefficient (Wildman–Crippen LogP) is 1.44. The molecule has 0 aliphatic carbocycles. The normalized spacial score (nSPS) is 15.8. The monoisotopic (exact) mass is 230 g/mol. The number of methoxy groups -OCH3 is 1. The third-order valence-electron chi connectivity index (χ3n) is 2.73. The summed E-state index contributed by atoms with van der Waals surface area (Å²) in [6.45, 7) is 9.02. The fraction of sp³-hybridized carbons (Fsp3) is 0.917. The van der Waals surface area contributed by atoms with Crippen LogP contribution >= 0.6 is 0 Å². The van der Waals surface area contributed by atoms with Crippen LogP contribution in [0.15, 0.2) is 0 Å². The number of rotatable bonds is 8. The van der Waals surface area contributed by atoms with Gasteiger partial charge in [0.15, 0.2) is 0 Å². The van der Waals surface area contributed by atoms with Gasteiger partial charge in [0, 0.05) is 19.1 Å². The van der Waals surface area contributed by atoms with Gasteiger partial charge < -0.3 is 15.8 Å². The number of nitrogens with one attached hydrogen (secondary N) is 1. The summed E-state index contributed by atoms with van der Waals surface area (Å²) >= 11 is 0. The average Bonchev–Trinajstić information content (AvgIpc) is 2.12. The molecule has 0 saturated carbocycles. The van der Waals surface area contributed by atoms with E-state index in [4.69, 9.17) is 10.5 Å². The van der Waals surface area contributed by atoms with Crippen LogP contribution in [-0.2, 0) is 9.53 Å². The number of nitrogens with two attached hydrogens (primary N) is 1. The van der Waals surface area contributed by atoms with E-state index in [-0.39, 0.29) is 17.0 Å². The highest BCUT2D eigenvalue weighted by Gasteiger charge is 2.33. The lowest BCUT2D eigenvalue weighted by molar-refractivity contribution is -0.120. The van der Waals surface area contributed by atoms with Gasteiger partial charge >= 0.3 is 0 Å². The topological polar surface area (TPSA) is 64.3 Å². The third kappa shape index (κ3) is 6.08. The Bertz CT molecular complexity index is 229. The van der Waals surface area contributed by atoms with Gasteiger partial charge in [0.05, 0.1) is 5.60 Å². The average molecular weight is 230 g/mol. The van der Waals surface area contributed by atoms with E-state index in [1.807, 2.05) is 20.8 Å². The van der Waals surface area contributed by atoms with E-state index < -0.39 is 0 Å². The number of hydrogen-bond donors (Lipinski definition) is 2. The lowest BCUT2D eigenvalue weighted by Gasteiger charge is -2.37. The summed E-state index contributed by atoms with van der Waals surface area (Å²) in [5, 5.41) is 3.39. The van der Waals surface area contributed by atoms with E-state index in [9.17, 15) is 4.79 Å². The number of amides is 1. The van der Waals surface area contributed by atoms with Gasteiger partial charge in [-0.05, 0) is 40.2 Å². The maximum absolute atomic E-state index is 11.1. The van der Waals surface area contributed by atoms with Gasteiger partial charge in [0.1, 0.15) is 0 Å². The summed E-state index contributed by atoms with van der Waals surface area (Å²) in [4.78, 5) is 11.1. The van der Waals surface area contributed by atoms with Crippen molar-refractivity contribution in [3.63, 3.8) is 0 Å². The van der Waals surface area contributed by atoms with Crippen LogP contribution in [0.5, 0.6) is 0 Å². The molecule has 0 aliphatic rings. The number of hydrogen-bond acceptors (Lipinski definition) is 3. The van der Waals surface area contributed by atoms with E-state index in [0.29, 0.717) is 6.42 Å². The standard InChI is InChI=1S/C12H26N2O2/c1-6-7-14-12(4,8-10(13)15)9-11(2,3)16-5/h14H,6-9H2,1-5H3,(H2,13,15). The molecule has 0 saturated heterocycles. The Kier molecular flexibility index (Phi) is 5.97. The van der Waals surface area contributed by atoms with Gasteiger partial charge in [-0.25, -0.2) is 0 Å². The molecule has 3 N–H and O–H groups in total. The summed E-state index contributed by atoms with van der Waals surface area (Å²) in [5.41, 5.74) is 4.74. The minimum Gasteiger partial charge on any atom is -0.379 e. The molecular weight excluding hydrogens is 204 g/mol. The van der Waals surface area contributed by atoms with Crippen LogP contribution in [0.2, 0.25) is 0 Å². The first-order chi connectivity index (χ1) is 7.24. The Balaban J connectivity index is 4.58. The van der Waals surface area contributed by atoms with E-state index in [1.54, 1.807) is 7.11 Å². The van der Waals surface area contributed by atoms with E-state index >= 15 is 0 Å². The summed E-state index contributed by atoms with van der Waals surface area (Å²) in [6.07, 6.45) is 2.11. The first kappa shape index (κ1) is 15.4. The van der Waals surface area contributed by atoms with Gasteiger partial charge in [-0.1, -0.05) is 6.92 Å². The molecule has 0 radical (unpaired) electrons. The number of primary amides is 1. The Morgan fingerprint density at radius 3 is 2.31 bits per heavy atom. The van der Waals surface area contributed by atoms with Crippen molar-refractivity contribution in [2.24, 2.45) is 5.73 Å². The molecule has 96 valence electrons. The minimum absolute atomic E-state index is 0.259. The molecule has 0 fully saturated rings. The van der Waals surface area contributed by atoms with Gasteiger partial charge in [-0.2, -0.15) is 0 Å². The van der Waals surface area contributed by atoms with Crippen LogP contribution in [0.1, 0.15) is 47.0 Å². The van der Waals surface area contributed by atoms with Gasteiger partial charge in [0.2, 0.25) is 5.91 Å². The van der Waals surface area contributed by atoms with Crippen molar-refractivity contribution in [2.45, 2.75) is 58.1 Å². The smallest absolute Gasteiger partial charge is 0.219 e. The Labute approximate surface area is 98.9 Å². The molecule has 0 spiro atoms. The SMILES string of the molecule is CCCNC(C)(CC(N)=O)CC(C)(C)OC. The van der Waals surface area contributed by atoms with E-state index in [1.165, 1.54) is 0 Å². The van der Waals surface area contributed by atoms with Gasteiger partial charge in [0.25, 0.3) is 0 Å². The molecule has 0 rings (SSSR count). The highest BCUT2D eigenvalue weighted by atomic mass is 16.5. The Morgan fingerprint density at radius 2 is 1.94 bits per heavy atom. The Morgan fingerprint density at radius 1 is 1.38 bits per heavy atom. The molecule has 0 bridgehead atoms. The molecule has 0 aliphatic heterocycles. The quantitative estimate of drug-likeness (QED) is 0.663. The van der Waals surface area contributed by atoms with Crippen molar-refractivity contribution < 1.29 is 9.53 Å². The number of ether oxygens (including phenoxy) is 1. The second-order valence-electron chi connectivity index (χ2n) is 5.27. The van der Waals surface area contributed by atoms with E-state index in [0.717, 1.165) is 19.4 Å². The summed E-state index contributed by atoms with van der Waals surface area (Å²) < 4.78 is 5.40. The van der Waals surface area contributed by atoms with E-state index in [2.05, 4.69) is 12.2 Å². The maximum atomic E-state index is 11.1. The minimum atomic E-state index is -0.290. The lowest BCUT2D eigenvalue weighted by Crippen LogP contribution is -2.50. The van der Waals surface area contributed by atoms with Crippen LogP contribution in [0.25, 0.3) is 0 Å². The fourth-order valence-corrected chi connectivity index (χ4v) is 2.01. The first-order valence-corrected chi connectivity index (χ1v) is 5.83. The lowest BCUT2D eigenvalue weighted by atomic mass is 9.84. The van der Waals surface area contributed by atoms with Crippen molar-refractivity contribution in [3.8, 4) is 0 Å². The molecule has 4 heteroatoms. The van der Waals surface area contributed by atoms with Crippen molar-refractivity contribution in [1.82, 2.24) is 5.32 Å². The van der Waals surface area contributed by atoms with Gasteiger partial charge in [-0.3, -0.25) is 4.79 Å². The largest absolute Gasteiger partial charge is 0.379 e. The Hall–Kier alpha value is -0.610. The molecule has 1 amide bonds. The van der Waals surface area contributed by atoms with Crippen molar-refractivity contribution >= 4 is 5.91 Å². The summed E-state index contributed by atoms with van der Waals surface area (Å²) in [5.74, 6) is -0.280. The molecule has 0 aromatic heterocycles. The zero-order chi connectivity index (χ0) is 12.8. The summed E-state index contributed by atoms with van der Waals surface area (Å²) in [6, 6.07) is 0. The van der Waals surface area contributed by atoms with Crippen molar-refractivity contribution in [1.29, 1.82) is 0 Å². The predicted molar refractivity (Wildman–Crippen MR) is 66.2 cm³/mol. The highest BCUT2D eigenvalue weighted by molar-refractivity contribution is 5.75. The van der Waals surface area contributed by atoms with Crippen molar-refractivity contribution in [2.75, 3.05) is 13.7 Å². The molecule has 0 aromatic rings. The molecular formula is C12H26N2O2. The zero-order valence-electron chi connectivity index (χ0n) is 11.2. The van der Waals surface area contributed by atoms with Crippen LogP contribution in [0.3, 0.4) is 0 Å². The van der Waals surface area contributed by atoms with Gasteiger partial charge in [-0.15, -0.1) is 0 Å². The van der Waals surface area contributed by atoms with Crippen LogP contribution in [0, 0.1) is 0 Å². The number of carbonyl (C=O) groups excluding carboxylic acids is 1. The molecule has 4 nitrogen and oxygen atoms in total. The van der Waals surface area contributed by atoms with Crippen molar-refractivity contribution in [3.05, 3.63) is 0 Å². The number of carbonyl (C=O) groups is 1.